The highest BCUT2D eigenvalue weighted by Gasteiger charge is 2.46. The van der Waals surface area contributed by atoms with Crippen LogP contribution in [0.5, 0.6) is 5.75 Å². The zero-order valence-corrected chi connectivity index (χ0v) is 16.0. The molecule has 2 aliphatic rings. The van der Waals surface area contributed by atoms with Gasteiger partial charge in [0.25, 0.3) is 0 Å². The van der Waals surface area contributed by atoms with Crippen molar-refractivity contribution in [1.82, 2.24) is 4.90 Å². The molecule has 1 aliphatic carbocycles. The number of aromatic hydroxyl groups is 1. The molecule has 0 amide bonds. The molecule has 4 rings (SSSR count). The Hall–Kier alpha value is -2.52. The molecule has 1 fully saturated rings. The number of allylic oxidation sites excluding steroid dienone is 2. The molecule has 1 saturated heterocycles. The van der Waals surface area contributed by atoms with Gasteiger partial charge < -0.3 is 15.7 Å². The first-order chi connectivity index (χ1) is 13.0. The van der Waals surface area contributed by atoms with Gasteiger partial charge in [0, 0.05) is 17.7 Å². The molecule has 1 aliphatic heterocycles. The molecule has 0 bridgehead atoms. The zero-order chi connectivity index (χ0) is 19.0. The normalized spacial score (nSPS) is 26.9. The molecular weight excluding hydrogens is 332 g/mol. The summed E-state index contributed by atoms with van der Waals surface area (Å²) in [6.45, 7) is 6.25. The maximum atomic E-state index is 10.1. The summed E-state index contributed by atoms with van der Waals surface area (Å²) in [7, 11) is 2.20. The Morgan fingerprint density at radius 2 is 2.04 bits per heavy atom. The number of hydrogen-bond acceptors (Lipinski definition) is 3. The van der Waals surface area contributed by atoms with Crippen molar-refractivity contribution in [1.29, 1.82) is 0 Å². The fourth-order valence-electron chi connectivity index (χ4n) is 4.89. The second kappa shape index (κ2) is 6.90. The lowest BCUT2D eigenvalue weighted by Gasteiger charge is -2.50. The molecular formula is C24H28N2O. The van der Waals surface area contributed by atoms with Crippen molar-refractivity contribution in [2.24, 2.45) is 11.7 Å². The monoisotopic (exact) mass is 360 g/mol. The second-order valence-corrected chi connectivity index (χ2v) is 8.19. The van der Waals surface area contributed by atoms with Crippen molar-refractivity contribution in [2.45, 2.75) is 24.7 Å². The molecule has 0 unspecified atom stereocenters. The number of hydrogen-bond donors (Lipinski definition) is 2. The SMILES string of the molecule is C=c1cccc/c1=C/C1=C(N)C[C@@]2(c3cccc(O)c3)CCN(C)C[C@@H]2C1. The van der Waals surface area contributed by atoms with Gasteiger partial charge in [0.1, 0.15) is 5.75 Å². The van der Waals surface area contributed by atoms with E-state index in [1.54, 1.807) is 6.07 Å². The molecule has 2 atom stereocenters. The first kappa shape index (κ1) is 17.9. The van der Waals surface area contributed by atoms with Crippen LogP contribution in [0.25, 0.3) is 12.7 Å². The largest absolute Gasteiger partial charge is 0.508 e. The Labute approximate surface area is 161 Å². The van der Waals surface area contributed by atoms with Crippen LogP contribution in [0.3, 0.4) is 0 Å². The maximum absolute atomic E-state index is 10.1. The van der Waals surface area contributed by atoms with Crippen LogP contribution in [0.1, 0.15) is 24.8 Å². The molecule has 0 spiro atoms. The van der Waals surface area contributed by atoms with E-state index < -0.39 is 0 Å². The van der Waals surface area contributed by atoms with Crippen molar-refractivity contribution in [3.63, 3.8) is 0 Å². The van der Waals surface area contributed by atoms with Crippen LogP contribution in [0.4, 0.5) is 0 Å². The average molecular weight is 361 g/mol. The maximum Gasteiger partial charge on any atom is 0.115 e. The Balaban J connectivity index is 1.80. The number of phenols is 1. The smallest absolute Gasteiger partial charge is 0.115 e. The third-order valence-corrected chi connectivity index (χ3v) is 6.44. The topological polar surface area (TPSA) is 49.5 Å². The van der Waals surface area contributed by atoms with Gasteiger partial charge in [-0.1, -0.05) is 43.0 Å². The van der Waals surface area contributed by atoms with Crippen molar-refractivity contribution >= 4 is 12.7 Å². The molecule has 0 radical (unpaired) electrons. The first-order valence-electron chi connectivity index (χ1n) is 9.69. The van der Waals surface area contributed by atoms with Crippen LogP contribution in [0.2, 0.25) is 0 Å². The number of likely N-dealkylation sites (tertiary alicyclic amines) is 1. The van der Waals surface area contributed by atoms with Gasteiger partial charge >= 0.3 is 0 Å². The van der Waals surface area contributed by atoms with E-state index in [0.29, 0.717) is 11.7 Å². The summed E-state index contributed by atoms with van der Waals surface area (Å²) in [6, 6.07) is 16.0. The highest BCUT2D eigenvalue weighted by atomic mass is 16.3. The number of nitrogens with zero attached hydrogens (tertiary/aromatic N) is 1. The average Bonchev–Trinajstić information content (AvgIpc) is 2.64. The molecule has 2 aromatic rings. The second-order valence-electron chi connectivity index (χ2n) is 8.19. The molecule has 3 N–H and O–H groups in total. The van der Waals surface area contributed by atoms with Crippen LogP contribution < -0.4 is 16.2 Å². The molecule has 0 aromatic heterocycles. The number of benzene rings is 2. The fourth-order valence-corrected chi connectivity index (χ4v) is 4.89. The van der Waals surface area contributed by atoms with Crippen molar-refractivity contribution in [3.8, 4) is 5.75 Å². The number of fused-ring (bicyclic) bond motifs is 1. The van der Waals surface area contributed by atoms with Crippen LogP contribution in [-0.2, 0) is 5.41 Å². The quantitative estimate of drug-likeness (QED) is 0.865. The van der Waals surface area contributed by atoms with Crippen molar-refractivity contribution in [2.75, 3.05) is 20.1 Å². The van der Waals surface area contributed by atoms with Crippen molar-refractivity contribution < 1.29 is 5.11 Å². The number of rotatable bonds is 2. The molecule has 0 saturated carbocycles. The van der Waals surface area contributed by atoms with Crippen molar-refractivity contribution in [3.05, 3.63) is 75.8 Å². The third-order valence-electron chi connectivity index (χ3n) is 6.44. The molecule has 2 aromatic carbocycles. The molecule has 3 nitrogen and oxygen atoms in total. The zero-order valence-electron chi connectivity index (χ0n) is 16.0. The Morgan fingerprint density at radius 3 is 2.81 bits per heavy atom. The van der Waals surface area contributed by atoms with Crippen LogP contribution in [-0.4, -0.2) is 30.1 Å². The summed E-state index contributed by atoms with van der Waals surface area (Å²) in [4.78, 5) is 2.42. The standard InChI is InChI=1S/C24H28N2O/c1-17-6-3-4-7-18(17)12-19-13-21-16-26(2)11-10-24(21,15-23(19)25)20-8-5-9-22(27)14-20/h3-9,12,14,21,27H,1,10-11,13,15-16,25H2,2H3/b18-12-/t21-,24+/m0/s1. The van der Waals surface area contributed by atoms with Crippen LogP contribution >= 0.6 is 0 Å². The van der Waals surface area contributed by atoms with Crippen LogP contribution in [0, 0.1) is 5.92 Å². The summed E-state index contributed by atoms with van der Waals surface area (Å²) in [5.41, 5.74) is 10.1. The predicted molar refractivity (Wildman–Crippen MR) is 112 cm³/mol. The van der Waals surface area contributed by atoms with Gasteiger partial charge in [0.15, 0.2) is 0 Å². The predicted octanol–water partition coefficient (Wildman–Crippen LogP) is 2.48. The summed E-state index contributed by atoms with van der Waals surface area (Å²) in [5, 5.41) is 12.2. The van der Waals surface area contributed by atoms with E-state index in [-0.39, 0.29) is 5.41 Å². The van der Waals surface area contributed by atoms with E-state index in [0.717, 1.165) is 48.5 Å². The van der Waals surface area contributed by atoms with Gasteiger partial charge in [-0.3, -0.25) is 0 Å². The van der Waals surface area contributed by atoms with Gasteiger partial charge in [-0.25, -0.2) is 0 Å². The number of piperidine rings is 1. The lowest BCUT2D eigenvalue weighted by atomic mass is 9.59. The van der Waals surface area contributed by atoms with Gasteiger partial charge in [-0.2, -0.15) is 0 Å². The highest BCUT2D eigenvalue weighted by molar-refractivity contribution is 5.52. The lowest BCUT2D eigenvalue weighted by Crippen LogP contribution is -2.51. The van der Waals surface area contributed by atoms with E-state index >= 15 is 0 Å². The first-order valence-corrected chi connectivity index (χ1v) is 9.69. The Morgan fingerprint density at radius 1 is 1.22 bits per heavy atom. The fraction of sp³-hybridized carbons (Fsp3) is 0.333. The van der Waals surface area contributed by atoms with E-state index in [9.17, 15) is 5.11 Å². The Kier molecular flexibility index (Phi) is 4.56. The summed E-state index contributed by atoms with van der Waals surface area (Å²) >= 11 is 0. The summed E-state index contributed by atoms with van der Waals surface area (Å²) in [6.07, 6.45) is 5.09. The van der Waals surface area contributed by atoms with Gasteiger partial charge in [0.2, 0.25) is 0 Å². The summed E-state index contributed by atoms with van der Waals surface area (Å²) in [5.74, 6) is 0.819. The minimum atomic E-state index is 0.0106. The van der Waals surface area contributed by atoms with Crippen LogP contribution in [0.15, 0.2) is 59.8 Å². The third kappa shape index (κ3) is 3.28. The molecule has 1 heterocycles. The van der Waals surface area contributed by atoms with E-state index in [1.807, 2.05) is 30.3 Å². The van der Waals surface area contributed by atoms with Gasteiger partial charge in [-0.05, 0) is 78.6 Å². The highest BCUT2D eigenvalue weighted by Crippen LogP contribution is 2.50. The lowest BCUT2D eigenvalue weighted by molar-refractivity contribution is 0.101. The summed E-state index contributed by atoms with van der Waals surface area (Å²) < 4.78 is 0. The minimum Gasteiger partial charge on any atom is -0.508 e. The Bertz CT molecular complexity index is 993. The van der Waals surface area contributed by atoms with Gasteiger partial charge in [-0.15, -0.1) is 0 Å². The number of phenolic OH excluding ortho intramolecular Hbond substituents is 1. The molecule has 3 heteroatoms. The number of nitrogens with two attached hydrogens (primary N) is 1. The minimum absolute atomic E-state index is 0.0106. The van der Waals surface area contributed by atoms with E-state index in [4.69, 9.17) is 5.73 Å². The van der Waals surface area contributed by atoms with E-state index in [2.05, 4.69) is 36.7 Å². The molecule has 140 valence electrons. The molecule has 27 heavy (non-hydrogen) atoms. The van der Waals surface area contributed by atoms with Gasteiger partial charge in [0.05, 0.1) is 0 Å². The van der Waals surface area contributed by atoms with E-state index in [1.165, 1.54) is 11.1 Å².